The first kappa shape index (κ1) is 24.2. The van der Waals surface area contributed by atoms with Crippen LogP contribution in [0.2, 0.25) is 10.0 Å². The van der Waals surface area contributed by atoms with E-state index in [1.165, 1.54) is 0 Å². The van der Waals surface area contributed by atoms with E-state index in [0.717, 1.165) is 16.9 Å². The first-order chi connectivity index (χ1) is 16.3. The lowest BCUT2D eigenvalue weighted by molar-refractivity contribution is -0.119. The predicted molar refractivity (Wildman–Crippen MR) is 142 cm³/mol. The Kier molecular flexibility index (Phi) is 7.22. The minimum atomic E-state index is -0.111. The van der Waals surface area contributed by atoms with Crippen LogP contribution < -0.4 is 4.90 Å². The Bertz CT molecular complexity index is 1400. The molecule has 5 nitrogen and oxygen atoms in total. The Labute approximate surface area is 214 Å². The molecule has 0 N–H and O–H groups in total. The molecule has 4 rings (SSSR count). The van der Waals surface area contributed by atoms with Crippen molar-refractivity contribution in [3.05, 3.63) is 93.2 Å². The second kappa shape index (κ2) is 10.1. The van der Waals surface area contributed by atoms with Crippen molar-refractivity contribution in [2.75, 3.05) is 4.90 Å². The van der Waals surface area contributed by atoms with E-state index >= 15 is 0 Å². The van der Waals surface area contributed by atoms with Crippen LogP contribution in [-0.2, 0) is 11.3 Å². The molecule has 0 unspecified atom stereocenters. The predicted octanol–water partition coefficient (Wildman–Crippen LogP) is 7.13. The number of carbonyl (C=O) groups excluding carboxylic acids is 1. The number of nitrogens with zero attached hydrogens (tertiary/aromatic N) is 4. The van der Waals surface area contributed by atoms with Crippen molar-refractivity contribution < 1.29 is 4.79 Å². The standard InChI is InChI=1S/C26H24Cl2N4OS/c1-17(2)31(20-9-5-4-6-10-20)24(33)16-30-26(34)32(21-11-7-8-18(3)14-21)25(29-30)22-13-12-19(27)15-23(22)28/h4-15,17H,16H2,1-3H3. The van der Waals surface area contributed by atoms with Crippen molar-refractivity contribution in [1.82, 2.24) is 14.3 Å². The van der Waals surface area contributed by atoms with Crippen LogP contribution in [0.25, 0.3) is 17.1 Å². The van der Waals surface area contributed by atoms with Crippen molar-refractivity contribution in [1.29, 1.82) is 0 Å². The molecule has 4 aromatic rings. The zero-order valence-corrected chi connectivity index (χ0v) is 21.4. The monoisotopic (exact) mass is 510 g/mol. The average molecular weight is 511 g/mol. The fourth-order valence-corrected chi connectivity index (χ4v) is 4.67. The zero-order valence-electron chi connectivity index (χ0n) is 19.1. The topological polar surface area (TPSA) is 43.1 Å². The molecule has 0 fully saturated rings. The molecule has 0 spiro atoms. The second-order valence-corrected chi connectivity index (χ2v) is 9.46. The molecule has 0 saturated carbocycles. The normalized spacial score (nSPS) is 11.1. The number of benzene rings is 3. The fourth-order valence-electron chi connectivity index (χ4n) is 3.88. The number of amides is 1. The van der Waals surface area contributed by atoms with E-state index in [9.17, 15) is 4.79 Å². The van der Waals surface area contributed by atoms with Crippen LogP contribution in [0.1, 0.15) is 19.4 Å². The van der Waals surface area contributed by atoms with Gasteiger partial charge in [-0.15, -0.1) is 0 Å². The van der Waals surface area contributed by atoms with Gasteiger partial charge in [0.2, 0.25) is 10.7 Å². The van der Waals surface area contributed by atoms with E-state index in [0.29, 0.717) is 26.2 Å². The van der Waals surface area contributed by atoms with Crippen LogP contribution in [0.15, 0.2) is 72.8 Å². The Morgan fingerprint density at radius 3 is 2.41 bits per heavy atom. The quantitative estimate of drug-likeness (QED) is 0.259. The molecule has 3 aromatic carbocycles. The maximum Gasteiger partial charge on any atom is 0.249 e. The van der Waals surface area contributed by atoms with Crippen LogP contribution in [0.4, 0.5) is 5.69 Å². The Morgan fingerprint density at radius 2 is 1.76 bits per heavy atom. The van der Waals surface area contributed by atoms with Gasteiger partial charge in [0.25, 0.3) is 0 Å². The highest BCUT2D eigenvalue weighted by Gasteiger charge is 2.23. The highest BCUT2D eigenvalue weighted by molar-refractivity contribution is 7.71. The van der Waals surface area contributed by atoms with Gasteiger partial charge in [0, 0.05) is 22.3 Å². The van der Waals surface area contributed by atoms with Crippen molar-refractivity contribution in [2.45, 2.75) is 33.4 Å². The van der Waals surface area contributed by atoms with E-state index < -0.39 is 0 Å². The number of hydrogen-bond acceptors (Lipinski definition) is 3. The first-order valence-electron chi connectivity index (χ1n) is 10.9. The molecule has 0 atom stereocenters. The third-order valence-corrected chi connectivity index (χ3v) is 6.32. The highest BCUT2D eigenvalue weighted by atomic mass is 35.5. The Balaban J connectivity index is 1.83. The summed E-state index contributed by atoms with van der Waals surface area (Å²) in [4.78, 5) is 15.2. The third kappa shape index (κ3) is 4.94. The molecule has 0 aliphatic heterocycles. The van der Waals surface area contributed by atoms with Crippen molar-refractivity contribution in [3.8, 4) is 17.1 Å². The van der Waals surface area contributed by atoms with Gasteiger partial charge < -0.3 is 4.90 Å². The van der Waals surface area contributed by atoms with Gasteiger partial charge in [-0.2, -0.15) is 5.10 Å². The molecule has 0 saturated heterocycles. The van der Waals surface area contributed by atoms with E-state index in [4.69, 9.17) is 40.5 Å². The summed E-state index contributed by atoms with van der Waals surface area (Å²) in [7, 11) is 0. The van der Waals surface area contributed by atoms with Gasteiger partial charge >= 0.3 is 0 Å². The summed E-state index contributed by atoms with van der Waals surface area (Å²) in [6.07, 6.45) is 0. The number of rotatable bonds is 6. The summed E-state index contributed by atoms with van der Waals surface area (Å²) in [5, 5.41) is 5.73. The summed E-state index contributed by atoms with van der Waals surface area (Å²) in [6, 6.07) is 22.7. The average Bonchev–Trinajstić information content (AvgIpc) is 3.10. The molecule has 1 amide bonds. The summed E-state index contributed by atoms with van der Waals surface area (Å²) in [6.45, 7) is 5.96. The molecule has 0 radical (unpaired) electrons. The molecule has 1 aromatic heterocycles. The van der Waals surface area contributed by atoms with E-state index in [1.807, 2.05) is 86.0 Å². The van der Waals surface area contributed by atoms with Gasteiger partial charge in [0.15, 0.2) is 5.82 Å². The number of halogens is 2. The highest BCUT2D eigenvalue weighted by Crippen LogP contribution is 2.31. The van der Waals surface area contributed by atoms with E-state index in [-0.39, 0.29) is 18.5 Å². The first-order valence-corrected chi connectivity index (χ1v) is 12.0. The SMILES string of the molecule is Cc1cccc(-n2c(-c3ccc(Cl)cc3Cl)nn(CC(=O)N(c3ccccc3)C(C)C)c2=S)c1. The van der Waals surface area contributed by atoms with Crippen LogP contribution in [0.3, 0.4) is 0 Å². The van der Waals surface area contributed by atoms with Crippen molar-refractivity contribution in [2.24, 2.45) is 0 Å². The smallest absolute Gasteiger partial charge is 0.249 e. The number of carbonyl (C=O) groups is 1. The molecule has 0 aliphatic rings. The Morgan fingerprint density at radius 1 is 1.03 bits per heavy atom. The van der Waals surface area contributed by atoms with Crippen molar-refractivity contribution in [3.63, 3.8) is 0 Å². The number of para-hydroxylation sites is 1. The number of aryl methyl sites for hydroxylation is 1. The van der Waals surface area contributed by atoms with Crippen LogP contribution in [0.5, 0.6) is 0 Å². The van der Waals surface area contributed by atoms with Gasteiger partial charge in [-0.3, -0.25) is 9.36 Å². The third-order valence-electron chi connectivity index (χ3n) is 5.38. The maximum atomic E-state index is 13.4. The minimum Gasteiger partial charge on any atom is -0.308 e. The van der Waals surface area contributed by atoms with Crippen LogP contribution in [0, 0.1) is 11.7 Å². The minimum absolute atomic E-state index is 0.0110. The zero-order chi connectivity index (χ0) is 24.4. The molecule has 34 heavy (non-hydrogen) atoms. The largest absolute Gasteiger partial charge is 0.308 e. The number of hydrogen-bond donors (Lipinski definition) is 0. The lowest BCUT2D eigenvalue weighted by Crippen LogP contribution is -2.39. The lowest BCUT2D eigenvalue weighted by atomic mass is 10.2. The van der Waals surface area contributed by atoms with E-state index in [1.54, 1.807) is 21.7 Å². The van der Waals surface area contributed by atoms with Crippen LogP contribution >= 0.6 is 35.4 Å². The van der Waals surface area contributed by atoms with Gasteiger partial charge in [-0.05, 0) is 81.0 Å². The van der Waals surface area contributed by atoms with Gasteiger partial charge in [0.1, 0.15) is 6.54 Å². The molecular formula is C26H24Cl2N4OS. The maximum absolute atomic E-state index is 13.4. The molecule has 8 heteroatoms. The Hall–Kier alpha value is -2.93. The number of anilines is 1. The van der Waals surface area contributed by atoms with Gasteiger partial charge in [0.05, 0.1) is 10.7 Å². The van der Waals surface area contributed by atoms with Crippen molar-refractivity contribution >= 4 is 47.0 Å². The molecule has 1 heterocycles. The second-order valence-electron chi connectivity index (χ2n) is 8.26. The summed E-state index contributed by atoms with van der Waals surface area (Å²) < 4.78 is 3.79. The molecular weight excluding hydrogens is 487 g/mol. The number of aromatic nitrogens is 3. The van der Waals surface area contributed by atoms with Gasteiger partial charge in [-0.1, -0.05) is 53.5 Å². The van der Waals surface area contributed by atoms with Crippen LogP contribution in [-0.4, -0.2) is 26.3 Å². The summed E-state index contributed by atoms with van der Waals surface area (Å²) >= 11 is 18.5. The molecule has 0 aliphatic carbocycles. The van der Waals surface area contributed by atoms with E-state index in [2.05, 4.69) is 0 Å². The fraction of sp³-hybridized carbons (Fsp3) is 0.192. The molecule has 174 valence electrons. The summed E-state index contributed by atoms with van der Waals surface area (Å²) in [5.41, 5.74) is 3.42. The van der Waals surface area contributed by atoms with Gasteiger partial charge in [-0.25, -0.2) is 4.68 Å². The summed E-state index contributed by atoms with van der Waals surface area (Å²) in [5.74, 6) is 0.431. The molecule has 0 bridgehead atoms. The lowest BCUT2D eigenvalue weighted by Gasteiger charge is -2.26.